The van der Waals surface area contributed by atoms with Crippen LogP contribution in [0.3, 0.4) is 0 Å². The highest BCUT2D eigenvalue weighted by Gasteiger charge is 2.29. The Morgan fingerprint density at radius 2 is 2.11 bits per heavy atom. The molecule has 1 saturated heterocycles. The Labute approximate surface area is 110 Å². The molecule has 1 aromatic carbocycles. The number of hydrogen-bond acceptors (Lipinski definition) is 5. The Bertz CT molecular complexity index is 476. The largest absolute Gasteiger partial charge is 0.504 e. The second-order valence-electron chi connectivity index (χ2n) is 4.56. The topological polar surface area (TPSA) is 90.2 Å². The van der Waals surface area contributed by atoms with Gasteiger partial charge in [-0.1, -0.05) is 0 Å². The summed E-state index contributed by atoms with van der Waals surface area (Å²) in [6.45, 7) is 0.469. The van der Waals surface area contributed by atoms with Crippen molar-refractivity contribution >= 4 is 5.91 Å². The minimum atomic E-state index is -0.926. The Morgan fingerprint density at radius 1 is 1.37 bits per heavy atom. The number of likely N-dealkylation sites (tertiary alicyclic amines) is 1. The minimum Gasteiger partial charge on any atom is -0.504 e. The Balaban J connectivity index is 2.13. The molecule has 104 valence electrons. The number of rotatable bonds is 2. The highest BCUT2D eigenvalue weighted by atomic mass is 16.5. The number of hydrogen-bond donors (Lipinski definition) is 3. The maximum atomic E-state index is 12.2. The number of carbonyl (C=O) groups is 1. The van der Waals surface area contributed by atoms with Gasteiger partial charge in [0, 0.05) is 18.7 Å². The number of benzene rings is 1. The lowest BCUT2D eigenvalue weighted by Gasteiger charge is -2.33. The molecule has 0 spiro atoms. The fraction of sp³-hybridized carbons (Fsp3) is 0.462. The number of β-amino-alcohol motifs (C(OH)–C–C–N with tert-alkyl or cyclic N) is 1. The van der Waals surface area contributed by atoms with Crippen LogP contribution in [-0.4, -0.2) is 58.5 Å². The molecule has 1 amide bonds. The second kappa shape index (κ2) is 5.46. The number of ether oxygens (including phenoxy) is 1. The van der Waals surface area contributed by atoms with E-state index in [2.05, 4.69) is 0 Å². The first-order valence-electron chi connectivity index (χ1n) is 6.05. The van der Waals surface area contributed by atoms with E-state index >= 15 is 0 Å². The average molecular weight is 267 g/mol. The molecular weight excluding hydrogens is 250 g/mol. The molecule has 2 rings (SSSR count). The highest BCUT2D eigenvalue weighted by molar-refractivity contribution is 5.95. The van der Waals surface area contributed by atoms with Gasteiger partial charge in [-0.05, 0) is 24.6 Å². The first-order valence-corrected chi connectivity index (χ1v) is 6.05. The molecule has 6 nitrogen and oxygen atoms in total. The number of phenols is 1. The maximum absolute atomic E-state index is 12.2. The molecule has 0 radical (unpaired) electrons. The van der Waals surface area contributed by atoms with Gasteiger partial charge >= 0.3 is 0 Å². The normalized spacial score (nSPS) is 23.2. The standard InChI is InChI=1S/C13H17NO5/c1-19-12-3-2-8(6-10(12)16)13(18)14-5-4-9(15)11(17)7-14/h2-3,6,9,11,15-17H,4-5,7H2,1H3/t9-,11-/m0/s1. The second-order valence-corrected chi connectivity index (χ2v) is 4.56. The lowest BCUT2D eigenvalue weighted by molar-refractivity contribution is -0.0321. The highest BCUT2D eigenvalue weighted by Crippen LogP contribution is 2.27. The van der Waals surface area contributed by atoms with Gasteiger partial charge in [-0.15, -0.1) is 0 Å². The lowest BCUT2D eigenvalue weighted by Crippen LogP contribution is -2.48. The Hall–Kier alpha value is -1.79. The molecule has 1 fully saturated rings. The lowest BCUT2D eigenvalue weighted by atomic mass is 10.0. The zero-order chi connectivity index (χ0) is 14.0. The van der Waals surface area contributed by atoms with Gasteiger partial charge in [-0.25, -0.2) is 0 Å². The molecular formula is C13H17NO5. The van der Waals surface area contributed by atoms with E-state index in [-0.39, 0.29) is 18.2 Å². The van der Waals surface area contributed by atoms with E-state index in [0.29, 0.717) is 24.3 Å². The van der Waals surface area contributed by atoms with Crippen LogP contribution in [0.1, 0.15) is 16.8 Å². The minimum absolute atomic E-state index is 0.0901. The van der Waals surface area contributed by atoms with Crippen LogP contribution >= 0.6 is 0 Å². The van der Waals surface area contributed by atoms with E-state index < -0.39 is 12.2 Å². The van der Waals surface area contributed by atoms with E-state index in [1.54, 1.807) is 6.07 Å². The first-order chi connectivity index (χ1) is 9.02. The van der Waals surface area contributed by atoms with Gasteiger partial charge in [-0.3, -0.25) is 4.79 Å². The van der Waals surface area contributed by atoms with Crippen molar-refractivity contribution in [2.24, 2.45) is 0 Å². The number of phenolic OH excluding ortho intramolecular Hbond substituents is 1. The van der Waals surface area contributed by atoms with Crippen LogP contribution in [0.4, 0.5) is 0 Å². The summed E-state index contributed by atoms with van der Waals surface area (Å²) in [6, 6.07) is 4.40. The van der Waals surface area contributed by atoms with Gasteiger partial charge < -0.3 is 25.0 Å². The van der Waals surface area contributed by atoms with Gasteiger partial charge in [-0.2, -0.15) is 0 Å². The number of aliphatic hydroxyl groups excluding tert-OH is 2. The number of amides is 1. The van der Waals surface area contributed by atoms with Crippen molar-refractivity contribution in [3.05, 3.63) is 23.8 Å². The number of piperidine rings is 1. The molecule has 0 aromatic heterocycles. The first kappa shape index (κ1) is 13.6. The quantitative estimate of drug-likeness (QED) is 0.700. The summed E-state index contributed by atoms with van der Waals surface area (Å²) in [5.41, 5.74) is 0.321. The van der Waals surface area contributed by atoms with Gasteiger partial charge in [0.05, 0.1) is 19.3 Å². The summed E-state index contributed by atoms with van der Waals surface area (Å²) < 4.78 is 4.91. The fourth-order valence-electron chi connectivity index (χ4n) is 2.11. The number of aromatic hydroxyl groups is 1. The van der Waals surface area contributed by atoms with Crippen LogP contribution in [0.25, 0.3) is 0 Å². The predicted molar refractivity (Wildman–Crippen MR) is 67.2 cm³/mol. The smallest absolute Gasteiger partial charge is 0.254 e. The van der Waals surface area contributed by atoms with Crippen molar-refractivity contribution in [3.63, 3.8) is 0 Å². The zero-order valence-electron chi connectivity index (χ0n) is 10.6. The number of carbonyl (C=O) groups excluding carboxylic acids is 1. The summed E-state index contributed by atoms with van der Waals surface area (Å²) in [7, 11) is 1.43. The van der Waals surface area contributed by atoms with Crippen molar-refractivity contribution < 1.29 is 24.9 Å². The van der Waals surface area contributed by atoms with Crippen LogP contribution in [0.15, 0.2) is 18.2 Å². The van der Waals surface area contributed by atoms with E-state index in [1.165, 1.54) is 24.1 Å². The van der Waals surface area contributed by atoms with Crippen molar-refractivity contribution in [1.29, 1.82) is 0 Å². The van der Waals surface area contributed by atoms with E-state index in [9.17, 15) is 20.1 Å². The van der Waals surface area contributed by atoms with E-state index in [4.69, 9.17) is 4.74 Å². The van der Waals surface area contributed by atoms with E-state index in [1.807, 2.05) is 0 Å². The molecule has 1 heterocycles. The Morgan fingerprint density at radius 3 is 2.68 bits per heavy atom. The third-order valence-electron chi connectivity index (χ3n) is 3.26. The summed E-state index contributed by atoms with van der Waals surface area (Å²) in [4.78, 5) is 13.6. The van der Waals surface area contributed by atoms with Crippen LogP contribution in [0, 0.1) is 0 Å². The maximum Gasteiger partial charge on any atom is 0.254 e. The molecule has 0 bridgehead atoms. The van der Waals surface area contributed by atoms with Gasteiger partial charge in [0.1, 0.15) is 0 Å². The average Bonchev–Trinajstić information content (AvgIpc) is 2.41. The molecule has 1 aliphatic rings. The SMILES string of the molecule is COc1ccc(C(=O)N2CC[C@H](O)[C@@H](O)C2)cc1O. The van der Waals surface area contributed by atoms with Crippen LogP contribution < -0.4 is 4.74 Å². The van der Waals surface area contributed by atoms with Crippen molar-refractivity contribution in [1.82, 2.24) is 4.90 Å². The number of methoxy groups -OCH3 is 1. The molecule has 3 N–H and O–H groups in total. The van der Waals surface area contributed by atoms with Gasteiger partial charge in [0.25, 0.3) is 5.91 Å². The molecule has 0 unspecified atom stereocenters. The molecule has 1 aromatic rings. The summed E-state index contributed by atoms with van der Waals surface area (Å²) in [5.74, 6) is -0.0968. The van der Waals surface area contributed by atoms with Crippen molar-refractivity contribution in [3.8, 4) is 11.5 Å². The molecule has 0 saturated carbocycles. The molecule has 6 heteroatoms. The number of nitrogens with zero attached hydrogens (tertiary/aromatic N) is 1. The van der Waals surface area contributed by atoms with Crippen molar-refractivity contribution in [2.45, 2.75) is 18.6 Å². The summed E-state index contributed by atoms with van der Waals surface area (Å²) in [5, 5.41) is 28.6. The van der Waals surface area contributed by atoms with Crippen molar-refractivity contribution in [2.75, 3.05) is 20.2 Å². The molecule has 2 atom stereocenters. The van der Waals surface area contributed by atoms with Crippen LogP contribution in [-0.2, 0) is 0 Å². The molecule has 0 aliphatic carbocycles. The third-order valence-corrected chi connectivity index (χ3v) is 3.26. The third kappa shape index (κ3) is 2.80. The number of aliphatic hydroxyl groups is 2. The predicted octanol–water partition coefficient (Wildman–Crippen LogP) is -0.0315. The fourth-order valence-corrected chi connectivity index (χ4v) is 2.11. The molecule has 19 heavy (non-hydrogen) atoms. The Kier molecular flexibility index (Phi) is 3.92. The summed E-state index contributed by atoms with van der Waals surface area (Å²) in [6.07, 6.45) is -1.37. The van der Waals surface area contributed by atoms with E-state index in [0.717, 1.165) is 0 Å². The monoisotopic (exact) mass is 267 g/mol. The van der Waals surface area contributed by atoms with Crippen LogP contribution in [0.5, 0.6) is 11.5 Å². The molecule has 1 aliphatic heterocycles. The van der Waals surface area contributed by atoms with Gasteiger partial charge in [0.15, 0.2) is 11.5 Å². The van der Waals surface area contributed by atoms with Gasteiger partial charge in [0.2, 0.25) is 0 Å². The summed E-state index contributed by atoms with van der Waals surface area (Å²) >= 11 is 0. The zero-order valence-corrected chi connectivity index (χ0v) is 10.6. The van der Waals surface area contributed by atoms with Crippen LogP contribution in [0.2, 0.25) is 0 Å².